The van der Waals surface area contributed by atoms with Crippen LogP contribution >= 0.6 is 0 Å². The summed E-state index contributed by atoms with van der Waals surface area (Å²) in [5.74, 6) is 0.393. The number of anilines is 2. The van der Waals surface area contributed by atoms with E-state index in [2.05, 4.69) is 16.6 Å². The van der Waals surface area contributed by atoms with E-state index < -0.39 is 9.92 Å². The third-order valence-corrected chi connectivity index (χ3v) is 7.58. The van der Waals surface area contributed by atoms with Gasteiger partial charge in [-0.05, 0) is 59.7 Å². The molecule has 7 heteroatoms. The van der Waals surface area contributed by atoms with E-state index in [0.717, 1.165) is 33.3 Å². The van der Waals surface area contributed by atoms with Gasteiger partial charge in [0.1, 0.15) is 21.6 Å². The Kier molecular flexibility index (Phi) is 6.20. The number of nitrogens with zero attached hydrogens (tertiary/aromatic N) is 2. The van der Waals surface area contributed by atoms with Gasteiger partial charge in [-0.3, -0.25) is 0 Å². The molecule has 0 aliphatic carbocycles. The van der Waals surface area contributed by atoms with Gasteiger partial charge in [0.25, 0.3) is 0 Å². The number of nitrogens with two attached hydrogens (primary N) is 1. The first-order chi connectivity index (χ1) is 15.6. The fourth-order valence-corrected chi connectivity index (χ4v) is 5.67. The third kappa shape index (κ3) is 4.48. The topological polar surface area (TPSA) is 70.7 Å². The molecule has 0 aromatic heterocycles. The number of fused-ring (bicyclic) bond motifs is 2. The first-order valence-corrected chi connectivity index (χ1v) is 12.7. The second kappa shape index (κ2) is 8.80. The minimum absolute atomic E-state index is 0.0856. The fraction of sp³-hybridized carbons (Fsp3) is 0.308. The lowest BCUT2D eigenvalue weighted by atomic mass is 9.91. The SMILES string of the molecule is CC(C)c1cc(F)cc2c1NC(N=S(N)(=O)c1cccc3c(N(C)C)cccc13)=CCC2C. The van der Waals surface area contributed by atoms with Gasteiger partial charge in [-0.25, -0.2) is 13.7 Å². The normalized spacial score (nSPS) is 17.6. The molecular weight excluding hydrogens is 435 g/mol. The predicted molar refractivity (Wildman–Crippen MR) is 137 cm³/mol. The molecular formula is C26H31FN4OS. The molecule has 0 amide bonds. The molecule has 33 heavy (non-hydrogen) atoms. The van der Waals surface area contributed by atoms with E-state index in [0.29, 0.717) is 17.1 Å². The Morgan fingerprint density at radius 3 is 2.55 bits per heavy atom. The Balaban J connectivity index is 1.85. The second-order valence-electron chi connectivity index (χ2n) is 9.15. The van der Waals surface area contributed by atoms with Crippen LogP contribution in [0.1, 0.15) is 50.2 Å². The minimum Gasteiger partial charge on any atom is -0.377 e. The highest BCUT2D eigenvalue weighted by Gasteiger charge is 2.22. The maximum Gasteiger partial charge on any atom is 0.141 e. The van der Waals surface area contributed by atoms with Crippen LogP contribution < -0.4 is 15.4 Å². The molecule has 1 heterocycles. The lowest BCUT2D eigenvalue weighted by Gasteiger charge is -2.20. The molecule has 2 unspecified atom stereocenters. The molecule has 5 nitrogen and oxygen atoms in total. The third-order valence-electron chi connectivity index (χ3n) is 6.12. The van der Waals surface area contributed by atoms with Crippen LogP contribution in [0.2, 0.25) is 0 Å². The van der Waals surface area contributed by atoms with Crippen LogP contribution in [0.25, 0.3) is 10.8 Å². The van der Waals surface area contributed by atoms with Crippen molar-refractivity contribution in [3.05, 3.63) is 77.4 Å². The van der Waals surface area contributed by atoms with Crippen molar-refractivity contribution in [2.24, 2.45) is 9.50 Å². The van der Waals surface area contributed by atoms with E-state index in [-0.39, 0.29) is 17.7 Å². The zero-order chi connectivity index (χ0) is 23.9. The number of hydrogen-bond acceptors (Lipinski definition) is 4. The summed E-state index contributed by atoms with van der Waals surface area (Å²) in [4.78, 5) is 2.51. The summed E-state index contributed by atoms with van der Waals surface area (Å²) < 4.78 is 32.6. The number of benzene rings is 3. The zero-order valence-electron chi connectivity index (χ0n) is 19.7. The zero-order valence-corrected chi connectivity index (χ0v) is 20.5. The molecule has 0 bridgehead atoms. The molecule has 174 valence electrons. The maximum atomic E-state index is 14.3. The Bertz CT molecular complexity index is 1370. The van der Waals surface area contributed by atoms with Crippen LogP contribution in [0.5, 0.6) is 0 Å². The summed E-state index contributed by atoms with van der Waals surface area (Å²) in [6.07, 6.45) is 2.53. The van der Waals surface area contributed by atoms with Gasteiger partial charge in [0, 0.05) is 36.2 Å². The van der Waals surface area contributed by atoms with Crippen molar-refractivity contribution < 1.29 is 8.60 Å². The largest absolute Gasteiger partial charge is 0.377 e. The fourth-order valence-electron chi connectivity index (χ4n) is 4.40. The van der Waals surface area contributed by atoms with Crippen LogP contribution in [-0.2, 0) is 9.92 Å². The molecule has 0 fully saturated rings. The summed E-state index contributed by atoms with van der Waals surface area (Å²) in [6, 6.07) is 14.6. The summed E-state index contributed by atoms with van der Waals surface area (Å²) in [6.45, 7) is 6.10. The quantitative estimate of drug-likeness (QED) is 0.472. The van der Waals surface area contributed by atoms with Gasteiger partial charge < -0.3 is 10.2 Å². The standard InChI is InChI=1S/C26H31FN4OS/c1-16(2)21-14-18(27)15-22-17(3)12-13-25(29-26(21)22)30-33(28,32)24-11-7-8-19-20(24)9-6-10-23(19)31(4)5/h6-11,13-17,29H,12H2,1-5H3,(H2,28,30,32). The van der Waals surface area contributed by atoms with Crippen molar-refractivity contribution in [1.29, 1.82) is 0 Å². The summed E-state index contributed by atoms with van der Waals surface area (Å²) in [5, 5.41) is 11.5. The van der Waals surface area contributed by atoms with Crippen LogP contribution in [0.3, 0.4) is 0 Å². The highest BCUT2D eigenvalue weighted by Crippen LogP contribution is 2.38. The summed E-state index contributed by atoms with van der Waals surface area (Å²) in [7, 11) is 0.689. The summed E-state index contributed by atoms with van der Waals surface area (Å²) in [5.41, 5.74) is 3.60. The molecule has 1 aliphatic rings. The molecule has 4 rings (SSSR count). The van der Waals surface area contributed by atoms with Gasteiger partial charge in [-0.2, -0.15) is 4.36 Å². The Hall–Kier alpha value is -2.90. The molecule has 3 N–H and O–H groups in total. The van der Waals surface area contributed by atoms with E-state index in [9.17, 15) is 8.60 Å². The first-order valence-electron chi connectivity index (χ1n) is 11.1. The minimum atomic E-state index is -3.25. The van der Waals surface area contributed by atoms with Gasteiger partial charge in [0.15, 0.2) is 0 Å². The van der Waals surface area contributed by atoms with Crippen molar-refractivity contribution in [2.75, 3.05) is 24.3 Å². The van der Waals surface area contributed by atoms with Crippen molar-refractivity contribution in [2.45, 2.75) is 43.9 Å². The van der Waals surface area contributed by atoms with E-state index in [1.807, 2.05) is 69.3 Å². The van der Waals surface area contributed by atoms with Crippen molar-refractivity contribution in [1.82, 2.24) is 0 Å². The Labute approximate surface area is 195 Å². The number of hydrogen-bond donors (Lipinski definition) is 2. The van der Waals surface area contributed by atoms with Crippen LogP contribution in [0, 0.1) is 5.82 Å². The summed E-state index contributed by atoms with van der Waals surface area (Å²) >= 11 is 0. The number of allylic oxidation sites excluding steroid dienone is 1. The number of halogens is 1. The van der Waals surface area contributed by atoms with Crippen LogP contribution in [-0.4, -0.2) is 18.3 Å². The maximum absolute atomic E-state index is 14.3. The molecule has 2 atom stereocenters. The molecule has 0 saturated carbocycles. The number of nitrogens with one attached hydrogen (secondary N) is 1. The van der Waals surface area contributed by atoms with Crippen molar-refractivity contribution in [3.8, 4) is 0 Å². The lowest BCUT2D eigenvalue weighted by molar-refractivity contribution is 0.617. The highest BCUT2D eigenvalue weighted by atomic mass is 32.2. The molecule has 3 aromatic carbocycles. The smallest absolute Gasteiger partial charge is 0.141 e. The van der Waals surface area contributed by atoms with Gasteiger partial charge in [-0.15, -0.1) is 0 Å². The van der Waals surface area contributed by atoms with Crippen molar-refractivity contribution >= 4 is 32.1 Å². The Morgan fingerprint density at radius 2 is 1.85 bits per heavy atom. The first kappa shape index (κ1) is 23.3. The molecule has 0 spiro atoms. The number of rotatable bonds is 4. The molecule has 1 aliphatic heterocycles. The monoisotopic (exact) mass is 466 g/mol. The Morgan fingerprint density at radius 1 is 1.15 bits per heavy atom. The molecule has 3 aromatic rings. The van der Waals surface area contributed by atoms with Crippen molar-refractivity contribution in [3.63, 3.8) is 0 Å². The highest BCUT2D eigenvalue weighted by molar-refractivity contribution is 7.91. The lowest BCUT2D eigenvalue weighted by Crippen LogP contribution is -2.16. The second-order valence-corrected chi connectivity index (χ2v) is 10.9. The van der Waals surface area contributed by atoms with E-state index >= 15 is 0 Å². The van der Waals surface area contributed by atoms with Crippen LogP contribution in [0.15, 0.2) is 69.7 Å². The van der Waals surface area contributed by atoms with Gasteiger partial charge in [0.2, 0.25) is 0 Å². The van der Waals surface area contributed by atoms with E-state index in [1.54, 1.807) is 18.2 Å². The van der Waals surface area contributed by atoms with Crippen LogP contribution in [0.4, 0.5) is 15.8 Å². The average Bonchev–Trinajstić information content (AvgIpc) is 2.90. The average molecular weight is 467 g/mol. The van der Waals surface area contributed by atoms with Gasteiger partial charge >= 0.3 is 0 Å². The van der Waals surface area contributed by atoms with Gasteiger partial charge in [-0.1, -0.05) is 45.0 Å². The van der Waals surface area contributed by atoms with Gasteiger partial charge in [0.05, 0.1) is 4.90 Å². The van der Waals surface area contributed by atoms with E-state index in [4.69, 9.17) is 5.14 Å². The molecule has 0 radical (unpaired) electrons. The predicted octanol–water partition coefficient (Wildman–Crippen LogP) is 6.33. The van der Waals surface area contributed by atoms with E-state index in [1.165, 1.54) is 0 Å². The molecule has 0 saturated heterocycles.